The van der Waals surface area contributed by atoms with E-state index in [1.165, 1.54) is 41.8 Å². The van der Waals surface area contributed by atoms with Gasteiger partial charge < -0.3 is 19.5 Å². The first-order valence-corrected chi connectivity index (χ1v) is 12.9. The van der Waals surface area contributed by atoms with Gasteiger partial charge in [-0.05, 0) is 43.5 Å². The van der Waals surface area contributed by atoms with Crippen LogP contribution in [0.1, 0.15) is 38.5 Å². The average Bonchev–Trinajstić information content (AvgIpc) is 3.25. The van der Waals surface area contributed by atoms with Gasteiger partial charge in [-0.1, -0.05) is 30.6 Å². The van der Waals surface area contributed by atoms with Crippen LogP contribution in [0.4, 0.5) is 23.1 Å². The Labute approximate surface area is 208 Å². The predicted octanol–water partition coefficient (Wildman–Crippen LogP) is 5.85. The largest absolute Gasteiger partial charge is 0.573 e. The van der Waals surface area contributed by atoms with Crippen molar-refractivity contribution in [3.63, 3.8) is 0 Å². The van der Waals surface area contributed by atoms with Gasteiger partial charge in [-0.3, -0.25) is 10.1 Å². The molecule has 1 aliphatic carbocycles. The molecule has 192 valence electrons. The lowest BCUT2D eigenvalue weighted by molar-refractivity contribution is -0.274. The summed E-state index contributed by atoms with van der Waals surface area (Å²) >= 11 is 2.36. The number of halogens is 3. The van der Waals surface area contributed by atoms with E-state index < -0.39 is 12.3 Å². The quantitative estimate of drug-likeness (QED) is 0.276. The summed E-state index contributed by atoms with van der Waals surface area (Å²) in [4.78, 5) is 29.7. The van der Waals surface area contributed by atoms with E-state index in [1.807, 2.05) is 0 Å². The molecule has 0 spiro atoms. The fraction of sp³-hybridized carbons (Fsp3) is 0.500. The first-order chi connectivity index (χ1) is 16.7. The summed E-state index contributed by atoms with van der Waals surface area (Å²) in [5, 5.41) is 12.0. The lowest BCUT2D eigenvalue weighted by atomic mass is 9.94. The number of nitrogens with zero attached hydrogens (tertiary/aromatic N) is 2. The van der Waals surface area contributed by atoms with Crippen LogP contribution in [0.5, 0.6) is 11.5 Å². The maximum Gasteiger partial charge on any atom is 0.573 e. The first kappa shape index (κ1) is 26.9. The summed E-state index contributed by atoms with van der Waals surface area (Å²) < 4.78 is 47.0. The van der Waals surface area contributed by atoms with Crippen LogP contribution in [0, 0.1) is 0 Å². The van der Waals surface area contributed by atoms with Crippen molar-refractivity contribution in [2.24, 2.45) is 0 Å². The zero-order valence-corrected chi connectivity index (χ0v) is 20.4. The van der Waals surface area contributed by atoms with Crippen molar-refractivity contribution in [3.8, 4) is 11.5 Å². The van der Waals surface area contributed by atoms with Crippen LogP contribution < -0.4 is 14.8 Å². The number of aromatic nitrogens is 1. The molecule has 2 N–H and O–H groups in total. The second-order valence-electron chi connectivity index (χ2n) is 7.80. The highest BCUT2D eigenvalue weighted by Gasteiger charge is 2.31. The predicted molar refractivity (Wildman–Crippen MR) is 126 cm³/mol. The van der Waals surface area contributed by atoms with Gasteiger partial charge in [0.25, 0.3) is 0 Å². The number of carboxylic acid groups (broad SMARTS) is 1. The molecule has 1 saturated carbocycles. The standard InChI is InChI=1S/C22H26F3N3O5S2/c23-22(24,25)33-17-9-7-16(8-10-17)32-12-4-11-28(15-5-2-1-3-6-15)21(31)27-20-26-13-19(35-20)34-14-18(29)30/h7-10,13,15H,1-6,11-12,14H2,(H,29,30)(H,26,27,31). The molecule has 0 unspecified atom stereocenters. The second kappa shape index (κ2) is 12.9. The molecule has 0 saturated heterocycles. The highest BCUT2D eigenvalue weighted by atomic mass is 32.2. The molecule has 2 aromatic rings. The zero-order chi connectivity index (χ0) is 25.3. The van der Waals surface area contributed by atoms with Crippen molar-refractivity contribution in [3.05, 3.63) is 30.5 Å². The smallest absolute Gasteiger partial charge is 0.494 e. The van der Waals surface area contributed by atoms with Crippen LogP contribution in [0.15, 0.2) is 34.7 Å². The minimum absolute atomic E-state index is 0.0815. The highest BCUT2D eigenvalue weighted by molar-refractivity contribution is 8.01. The Morgan fingerprint density at radius 3 is 2.51 bits per heavy atom. The number of ether oxygens (including phenoxy) is 2. The van der Waals surface area contributed by atoms with Crippen molar-refractivity contribution < 1.29 is 37.3 Å². The lowest BCUT2D eigenvalue weighted by Gasteiger charge is -2.34. The van der Waals surface area contributed by atoms with E-state index in [2.05, 4.69) is 15.0 Å². The normalized spacial score (nSPS) is 14.4. The summed E-state index contributed by atoms with van der Waals surface area (Å²) in [6, 6.07) is 4.99. The van der Waals surface area contributed by atoms with E-state index in [1.54, 1.807) is 4.90 Å². The maximum atomic E-state index is 13.0. The number of urea groups is 1. The molecule has 8 nitrogen and oxygen atoms in total. The van der Waals surface area contributed by atoms with Crippen molar-refractivity contribution in [2.45, 2.75) is 55.1 Å². The molecule has 1 fully saturated rings. The zero-order valence-electron chi connectivity index (χ0n) is 18.8. The van der Waals surface area contributed by atoms with E-state index in [0.717, 1.165) is 43.9 Å². The van der Waals surface area contributed by atoms with Crippen molar-refractivity contribution >= 4 is 40.2 Å². The number of carbonyl (C=O) groups excluding carboxylic acids is 1. The molecule has 3 rings (SSSR count). The maximum absolute atomic E-state index is 13.0. The number of benzene rings is 1. The summed E-state index contributed by atoms with van der Waals surface area (Å²) in [5.41, 5.74) is 0. The molecular formula is C22H26F3N3O5S2. The number of hydrogen-bond acceptors (Lipinski definition) is 7. The Kier molecular flexibility index (Phi) is 9.90. The number of anilines is 1. The molecule has 13 heteroatoms. The van der Waals surface area contributed by atoms with Gasteiger partial charge in [0, 0.05) is 12.6 Å². The number of carbonyl (C=O) groups is 2. The Morgan fingerprint density at radius 2 is 1.86 bits per heavy atom. The monoisotopic (exact) mass is 533 g/mol. The SMILES string of the molecule is O=C(O)CSc1cnc(NC(=O)N(CCCOc2ccc(OC(F)(F)F)cc2)C2CCCCC2)s1. The van der Waals surface area contributed by atoms with Gasteiger partial charge in [-0.15, -0.1) is 24.9 Å². The van der Waals surface area contributed by atoms with Gasteiger partial charge in [0.05, 0.1) is 22.8 Å². The Bertz CT molecular complexity index is 966. The minimum Gasteiger partial charge on any atom is -0.494 e. The van der Waals surface area contributed by atoms with E-state index in [9.17, 15) is 22.8 Å². The van der Waals surface area contributed by atoms with Crippen molar-refractivity contribution in [1.29, 1.82) is 0 Å². The average molecular weight is 534 g/mol. The van der Waals surface area contributed by atoms with Crippen LogP contribution in [-0.4, -0.2) is 58.3 Å². The van der Waals surface area contributed by atoms with Gasteiger partial charge >= 0.3 is 18.4 Å². The summed E-state index contributed by atoms with van der Waals surface area (Å²) in [5.74, 6) is -0.925. The topological polar surface area (TPSA) is 101 Å². The fourth-order valence-electron chi connectivity index (χ4n) is 3.69. The molecule has 1 aromatic carbocycles. The molecule has 35 heavy (non-hydrogen) atoms. The van der Waals surface area contributed by atoms with Gasteiger partial charge in [-0.25, -0.2) is 9.78 Å². The van der Waals surface area contributed by atoms with Crippen LogP contribution in [0.25, 0.3) is 0 Å². The number of rotatable bonds is 11. The van der Waals surface area contributed by atoms with Crippen molar-refractivity contribution in [1.82, 2.24) is 9.88 Å². The molecule has 1 aliphatic rings. The van der Waals surface area contributed by atoms with Crippen molar-refractivity contribution in [2.75, 3.05) is 24.2 Å². The fourth-order valence-corrected chi connectivity index (χ4v) is 5.27. The number of amides is 2. The number of thioether (sulfide) groups is 1. The number of thiazole rings is 1. The summed E-state index contributed by atoms with van der Waals surface area (Å²) in [6.07, 6.45) is 2.37. The second-order valence-corrected chi connectivity index (χ2v) is 10.1. The Morgan fingerprint density at radius 1 is 1.17 bits per heavy atom. The molecule has 0 atom stereocenters. The summed E-state index contributed by atoms with van der Waals surface area (Å²) in [7, 11) is 0. The van der Waals surface area contributed by atoms with Gasteiger partial charge in [0.1, 0.15) is 11.5 Å². The van der Waals surface area contributed by atoms with Gasteiger partial charge in [0.2, 0.25) is 0 Å². The van der Waals surface area contributed by atoms with E-state index >= 15 is 0 Å². The number of carboxylic acids is 1. The number of alkyl halides is 3. The Hall–Kier alpha value is -2.67. The molecule has 0 bridgehead atoms. The van der Waals surface area contributed by atoms with Gasteiger partial charge in [-0.2, -0.15) is 0 Å². The molecule has 1 aromatic heterocycles. The lowest BCUT2D eigenvalue weighted by Crippen LogP contribution is -2.44. The number of aliphatic carboxylic acids is 1. The molecule has 0 aliphatic heterocycles. The van der Waals surface area contributed by atoms with Crippen LogP contribution in [0.2, 0.25) is 0 Å². The van der Waals surface area contributed by atoms with E-state index in [-0.39, 0.29) is 30.2 Å². The molecule has 2 amide bonds. The third-order valence-electron chi connectivity index (χ3n) is 5.18. The number of hydrogen-bond donors (Lipinski definition) is 2. The highest BCUT2D eigenvalue weighted by Crippen LogP contribution is 2.29. The molecule has 1 heterocycles. The molecular weight excluding hydrogens is 507 g/mol. The van der Waals surface area contributed by atoms with Crippen LogP contribution in [0.3, 0.4) is 0 Å². The van der Waals surface area contributed by atoms with Gasteiger partial charge in [0.15, 0.2) is 5.13 Å². The first-order valence-electron chi connectivity index (χ1n) is 11.1. The minimum atomic E-state index is -4.75. The van der Waals surface area contributed by atoms with Crippen LogP contribution >= 0.6 is 23.1 Å². The number of nitrogens with one attached hydrogen (secondary N) is 1. The van der Waals surface area contributed by atoms with Crippen LogP contribution in [-0.2, 0) is 4.79 Å². The third kappa shape index (κ3) is 9.48. The van der Waals surface area contributed by atoms with E-state index in [4.69, 9.17) is 9.84 Å². The van der Waals surface area contributed by atoms with E-state index in [0.29, 0.717) is 28.1 Å². The molecule has 0 radical (unpaired) electrons. The third-order valence-corrected chi connectivity index (χ3v) is 7.27. The summed E-state index contributed by atoms with van der Waals surface area (Å²) in [6.45, 7) is 0.723. The Balaban J connectivity index is 1.51.